The lowest BCUT2D eigenvalue weighted by atomic mass is 9.55. The average Bonchev–Trinajstić information content (AvgIpc) is 3.01. The number of piperazine rings is 1. The Kier molecular flexibility index (Phi) is 5.53. The molecule has 2 saturated heterocycles. The van der Waals surface area contributed by atoms with Gasteiger partial charge >= 0.3 is 5.97 Å². The van der Waals surface area contributed by atoms with Crippen molar-refractivity contribution < 1.29 is 9.53 Å². The van der Waals surface area contributed by atoms with Gasteiger partial charge in [0, 0.05) is 44.7 Å². The van der Waals surface area contributed by atoms with E-state index in [2.05, 4.69) is 23.3 Å². The molecule has 162 valence electrons. The first kappa shape index (κ1) is 20.1. The van der Waals surface area contributed by atoms with Gasteiger partial charge in [0.1, 0.15) is 6.10 Å². The van der Waals surface area contributed by atoms with Crippen molar-refractivity contribution >= 4 is 5.97 Å². The maximum absolute atomic E-state index is 12.8. The Labute approximate surface area is 177 Å². The molecule has 0 radical (unpaired) electrons. The normalized spacial score (nSPS) is 42.4. The van der Waals surface area contributed by atoms with Crippen LogP contribution in [0.1, 0.15) is 71.1 Å². The number of ether oxygens (including phenoxy) is 1. The van der Waals surface area contributed by atoms with E-state index in [0.29, 0.717) is 17.3 Å². The number of allylic oxidation sites excluding steroid dienone is 1. The van der Waals surface area contributed by atoms with E-state index >= 15 is 0 Å². The Hall–Kier alpha value is -0.870. The van der Waals surface area contributed by atoms with Gasteiger partial charge in [0.05, 0.1) is 5.92 Å². The van der Waals surface area contributed by atoms with E-state index < -0.39 is 0 Å². The molecule has 3 saturated carbocycles. The molecule has 5 rings (SSSR count). The van der Waals surface area contributed by atoms with Crippen LogP contribution in [0.3, 0.4) is 0 Å². The second kappa shape index (κ2) is 8.00. The van der Waals surface area contributed by atoms with Gasteiger partial charge in [0.25, 0.3) is 0 Å². The first-order valence-electron chi connectivity index (χ1n) is 12.4. The zero-order valence-corrected chi connectivity index (χ0v) is 18.4. The largest absolute Gasteiger partial charge is 0.462 e. The van der Waals surface area contributed by atoms with Crippen molar-refractivity contribution in [1.29, 1.82) is 0 Å². The van der Waals surface area contributed by atoms with E-state index in [1.54, 1.807) is 0 Å². The Morgan fingerprint density at radius 2 is 1.86 bits per heavy atom. The summed E-state index contributed by atoms with van der Waals surface area (Å²) >= 11 is 0. The topological polar surface area (TPSA) is 32.8 Å². The third-order valence-corrected chi connectivity index (χ3v) is 9.27. The van der Waals surface area contributed by atoms with Crippen molar-refractivity contribution in [2.75, 3.05) is 32.7 Å². The van der Waals surface area contributed by atoms with Crippen molar-refractivity contribution in [3.05, 3.63) is 12.2 Å². The van der Waals surface area contributed by atoms with Gasteiger partial charge in [-0.25, -0.2) is 0 Å². The van der Waals surface area contributed by atoms with Crippen molar-refractivity contribution in [3.8, 4) is 0 Å². The summed E-state index contributed by atoms with van der Waals surface area (Å²) in [5, 5.41) is 0. The molecule has 0 N–H and O–H groups in total. The van der Waals surface area contributed by atoms with Crippen LogP contribution in [-0.4, -0.2) is 60.6 Å². The summed E-state index contributed by atoms with van der Waals surface area (Å²) in [5.41, 5.74) is 1.74. The van der Waals surface area contributed by atoms with Gasteiger partial charge in [0.2, 0.25) is 0 Å². The monoisotopic (exact) mass is 400 g/mol. The van der Waals surface area contributed by atoms with Gasteiger partial charge in [-0.15, -0.1) is 0 Å². The molecule has 5 fully saturated rings. The molecule has 4 nitrogen and oxygen atoms in total. The standard InChI is InChI=1S/C25H40N2O2/c1-18-7-6-10-25(2)16-23-20(15-22(18)25)21(24(28)29-23)17-26-11-13-27(14-12-26)19-8-4-3-5-9-19/h19-23H,1,3-17H2,2H3/t20-,21-,22+,23-,25-/m1/s1. The molecule has 0 aromatic heterocycles. The van der Waals surface area contributed by atoms with Crippen LogP contribution in [0, 0.1) is 23.2 Å². The molecule has 4 heteroatoms. The minimum absolute atomic E-state index is 0.0838. The lowest BCUT2D eigenvalue weighted by Crippen LogP contribution is -2.52. The van der Waals surface area contributed by atoms with Crippen LogP contribution in [-0.2, 0) is 9.53 Å². The van der Waals surface area contributed by atoms with Crippen LogP contribution in [0.4, 0.5) is 0 Å². The van der Waals surface area contributed by atoms with Gasteiger partial charge in [-0.05, 0) is 56.3 Å². The van der Waals surface area contributed by atoms with Crippen LogP contribution in [0.2, 0.25) is 0 Å². The Bertz CT molecular complexity index is 635. The van der Waals surface area contributed by atoms with E-state index in [4.69, 9.17) is 4.74 Å². The summed E-state index contributed by atoms with van der Waals surface area (Å²) in [6.45, 7) is 12.4. The number of esters is 1. The summed E-state index contributed by atoms with van der Waals surface area (Å²) in [6.07, 6.45) is 13.1. The van der Waals surface area contributed by atoms with E-state index in [1.807, 2.05) is 0 Å². The van der Waals surface area contributed by atoms with E-state index in [0.717, 1.165) is 38.5 Å². The molecule has 2 aliphatic heterocycles. The summed E-state index contributed by atoms with van der Waals surface area (Å²) in [4.78, 5) is 18.1. The molecule has 2 heterocycles. The fraction of sp³-hybridized carbons (Fsp3) is 0.880. The third kappa shape index (κ3) is 3.80. The second-order valence-corrected chi connectivity index (χ2v) is 11.0. The van der Waals surface area contributed by atoms with Gasteiger partial charge < -0.3 is 4.74 Å². The van der Waals surface area contributed by atoms with Crippen LogP contribution in [0.15, 0.2) is 12.2 Å². The summed E-state index contributed by atoms with van der Waals surface area (Å²) < 4.78 is 5.98. The fourth-order valence-corrected chi connectivity index (χ4v) is 7.50. The predicted molar refractivity (Wildman–Crippen MR) is 116 cm³/mol. The minimum Gasteiger partial charge on any atom is -0.462 e. The highest BCUT2D eigenvalue weighted by molar-refractivity contribution is 5.75. The smallest absolute Gasteiger partial charge is 0.310 e. The molecule has 0 aromatic rings. The maximum Gasteiger partial charge on any atom is 0.310 e. The summed E-state index contributed by atoms with van der Waals surface area (Å²) in [5.74, 6) is 1.17. The Balaban J connectivity index is 1.20. The summed E-state index contributed by atoms with van der Waals surface area (Å²) in [6, 6.07) is 0.820. The Morgan fingerprint density at radius 1 is 1.10 bits per heavy atom. The molecule has 0 spiro atoms. The van der Waals surface area contributed by atoms with Crippen molar-refractivity contribution in [2.45, 2.75) is 83.3 Å². The molecule has 0 aromatic carbocycles. The highest BCUT2D eigenvalue weighted by Crippen LogP contribution is 2.56. The quantitative estimate of drug-likeness (QED) is 0.524. The van der Waals surface area contributed by atoms with Gasteiger partial charge in [-0.3, -0.25) is 14.6 Å². The zero-order chi connectivity index (χ0) is 20.0. The number of hydrogen-bond donors (Lipinski definition) is 0. The molecule has 5 atom stereocenters. The SMILES string of the molecule is C=C1CCC[C@]2(C)C[C@H]3OC(=O)[C@H](CN4CCN(C5CCCCC5)CC4)[C@H]3C[C@@H]12. The Morgan fingerprint density at radius 3 is 2.62 bits per heavy atom. The number of carbonyl (C=O) groups is 1. The molecule has 0 bridgehead atoms. The van der Waals surface area contributed by atoms with E-state index in [9.17, 15) is 4.79 Å². The van der Waals surface area contributed by atoms with Crippen LogP contribution in [0.5, 0.6) is 0 Å². The van der Waals surface area contributed by atoms with Crippen LogP contribution in [0.25, 0.3) is 0 Å². The average molecular weight is 401 g/mol. The van der Waals surface area contributed by atoms with Gasteiger partial charge in [-0.1, -0.05) is 38.3 Å². The van der Waals surface area contributed by atoms with Crippen molar-refractivity contribution in [1.82, 2.24) is 9.80 Å². The highest BCUT2D eigenvalue weighted by atomic mass is 16.6. The summed E-state index contributed by atoms with van der Waals surface area (Å²) in [7, 11) is 0. The highest BCUT2D eigenvalue weighted by Gasteiger charge is 2.55. The first-order chi connectivity index (χ1) is 14.0. The maximum atomic E-state index is 12.8. The fourth-order valence-electron chi connectivity index (χ4n) is 7.50. The lowest BCUT2D eigenvalue weighted by Gasteiger charge is -2.50. The molecular weight excluding hydrogens is 360 g/mol. The second-order valence-electron chi connectivity index (χ2n) is 11.0. The molecule has 29 heavy (non-hydrogen) atoms. The lowest BCUT2D eigenvalue weighted by molar-refractivity contribution is -0.146. The molecule has 3 aliphatic carbocycles. The zero-order valence-electron chi connectivity index (χ0n) is 18.4. The van der Waals surface area contributed by atoms with E-state index in [-0.39, 0.29) is 18.0 Å². The van der Waals surface area contributed by atoms with Gasteiger partial charge in [-0.2, -0.15) is 0 Å². The number of fused-ring (bicyclic) bond motifs is 2. The molecule has 0 unspecified atom stereocenters. The van der Waals surface area contributed by atoms with Crippen LogP contribution < -0.4 is 0 Å². The van der Waals surface area contributed by atoms with Gasteiger partial charge in [0.15, 0.2) is 0 Å². The third-order valence-electron chi connectivity index (χ3n) is 9.27. The van der Waals surface area contributed by atoms with Crippen LogP contribution >= 0.6 is 0 Å². The number of rotatable bonds is 3. The van der Waals surface area contributed by atoms with Crippen molar-refractivity contribution in [3.63, 3.8) is 0 Å². The van der Waals surface area contributed by atoms with E-state index in [1.165, 1.54) is 70.0 Å². The molecule has 0 amide bonds. The minimum atomic E-state index is 0.0838. The van der Waals surface area contributed by atoms with Crippen molar-refractivity contribution in [2.24, 2.45) is 23.2 Å². The number of nitrogens with zero attached hydrogens (tertiary/aromatic N) is 2. The predicted octanol–water partition coefficient (Wildman–Crippen LogP) is 4.25. The number of hydrogen-bond acceptors (Lipinski definition) is 4. The first-order valence-corrected chi connectivity index (χ1v) is 12.4. The molecular formula is C25H40N2O2. The molecule has 5 aliphatic rings. The number of carbonyl (C=O) groups excluding carboxylic acids is 1.